The number of nitrogens with zero attached hydrogens (tertiary/aromatic N) is 2. The van der Waals surface area contributed by atoms with Gasteiger partial charge in [0.2, 0.25) is 5.95 Å². The third-order valence-electron chi connectivity index (χ3n) is 2.65. The molecule has 18 heavy (non-hydrogen) atoms. The van der Waals surface area contributed by atoms with Gasteiger partial charge in [-0.15, -0.1) is 0 Å². The van der Waals surface area contributed by atoms with Crippen molar-refractivity contribution >= 4 is 29.1 Å². The van der Waals surface area contributed by atoms with Gasteiger partial charge in [-0.1, -0.05) is 24.6 Å². The van der Waals surface area contributed by atoms with Crippen molar-refractivity contribution in [1.82, 2.24) is 9.97 Å². The molecule has 5 nitrogen and oxygen atoms in total. The molecular formula is C12H14ClN5. The summed E-state index contributed by atoms with van der Waals surface area (Å²) in [5.74, 6) is 0.524. The monoisotopic (exact) mass is 263 g/mol. The van der Waals surface area contributed by atoms with Gasteiger partial charge in [0.1, 0.15) is 5.82 Å². The zero-order valence-corrected chi connectivity index (χ0v) is 10.7. The highest BCUT2D eigenvalue weighted by molar-refractivity contribution is 6.33. The van der Waals surface area contributed by atoms with Crippen LogP contribution in [0.3, 0.4) is 0 Å². The van der Waals surface area contributed by atoms with E-state index in [4.69, 9.17) is 28.8 Å². The molecule has 1 aromatic heterocycles. The summed E-state index contributed by atoms with van der Waals surface area (Å²) in [6.07, 6.45) is 0.703. The first-order valence-corrected chi connectivity index (χ1v) is 5.88. The SMILES string of the molecule is CCc1nc(N)nc(N)c1-c1ccc(Cl)c(N)c1. The van der Waals surface area contributed by atoms with E-state index in [9.17, 15) is 0 Å². The normalized spacial score (nSPS) is 10.6. The summed E-state index contributed by atoms with van der Waals surface area (Å²) < 4.78 is 0. The van der Waals surface area contributed by atoms with Crippen LogP contribution in [-0.2, 0) is 6.42 Å². The number of hydrogen-bond donors (Lipinski definition) is 3. The Labute approximate surface area is 110 Å². The lowest BCUT2D eigenvalue weighted by Crippen LogP contribution is -2.06. The maximum absolute atomic E-state index is 5.91. The zero-order chi connectivity index (χ0) is 13.3. The van der Waals surface area contributed by atoms with E-state index >= 15 is 0 Å². The Balaban J connectivity index is 2.66. The van der Waals surface area contributed by atoms with Crippen LogP contribution in [0.2, 0.25) is 5.02 Å². The number of halogens is 1. The van der Waals surface area contributed by atoms with Crippen LogP contribution in [0.15, 0.2) is 18.2 Å². The summed E-state index contributed by atoms with van der Waals surface area (Å²) in [5, 5.41) is 0.506. The van der Waals surface area contributed by atoms with Crippen molar-refractivity contribution in [3.8, 4) is 11.1 Å². The van der Waals surface area contributed by atoms with Crippen molar-refractivity contribution in [2.75, 3.05) is 17.2 Å². The summed E-state index contributed by atoms with van der Waals surface area (Å²) in [6.45, 7) is 1.98. The van der Waals surface area contributed by atoms with Gasteiger partial charge in [0.05, 0.1) is 16.4 Å². The highest BCUT2D eigenvalue weighted by atomic mass is 35.5. The lowest BCUT2D eigenvalue weighted by molar-refractivity contribution is 1.02. The van der Waals surface area contributed by atoms with Gasteiger partial charge in [0, 0.05) is 5.56 Å². The van der Waals surface area contributed by atoms with Crippen molar-refractivity contribution in [1.29, 1.82) is 0 Å². The zero-order valence-electron chi connectivity index (χ0n) is 9.94. The molecule has 0 amide bonds. The summed E-state index contributed by atoms with van der Waals surface area (Å²) in [6, 6.07) is 5.32. The minimum atomic E-state index is 0.176. The van der Waals surface area contributed by atoms with Gasteiger partial charge in [0.25, 0.3) is 0 Å². The first-order valence-electron chi connectivity index (χ1n) is 5.50. The third-order valence-corrected chi connectivity index (χ3v) is 2.99. The quantitative estimate of drug-likeness (QED) is 0.720. The molecule has 6 heteroatoms. The van der Waals surface area contributed by atoms with Gasteiger partial charge in [-0.25, -0.2) is 4.98 Å². The first kappa shape index (κ1) is 12.4. The molecule has 0 bridgehead atoms. The van der Waals surface area contributed by atoms with E-state index in [0.29, 0.717) is 22.9 Å². The van der Waals surface area contributed by atoms with E-state index in [0.717, 1.165) is 16.8 Å². The van der Waals surface area contributed by atoms with E-state index in [1.165, 1.54) is 0 Å². The number of aryl methyl sites for hydroxylation is 1. The van der Waals surface area contributed by atoms with Crippen molar-refractivity contribution in [2.24, 2.45) is 0 Å². The van der Waals surface area contributed by atoms with Gasteiger partial charge in [0.15, 0.2) is 0 Å². The fourth-order valence-electron chi connectivity index (χ4n) is 1.82. The lowest BCUT2D eigenvalue weighted by atomic mass is 10.0. The van der Waals surface area contributed by atoms with E-state index in [-0.39, 0.29) is 5.95 Å². The van der Waals surface area contributed by atoms with E-state index in [1.54, 1.807) is 12.1 Å². The lowest BCUT2D eigenvalue weighted by Gasteiger charge is -2.11. The van der Waals surface area contributed by atoms with Gasteiger partial charge in [-0.3, -0.25) is 0 Å². The molecule has 0 aliphatic heterocycles. The molecule has 0 atom stereocenters. The third kappa shape index (κ3) is 2.17. The average molecular weight is 264 g/mol. The molecule has 1 aromatic carbocycles. The molecule has 0 saturated heterocycles. The second kappa shape index (κ2) is 4.70. The Morgan fingerprint density at radius 3 is 2.50 bits per heavy atom. The number of nitrogens with two attached hydrogens (primary N) is 3. The Morgan fingerprint density at radius 2 is 1.89 bits per heavy atom. The van der Waals surface area contributed by atoms with E-state index in [1.807, 2.05) is 13.0 Å². The highest BCUT2D eigenvalue weighted by Crippen LogP contribution is 2.32. The second-order valence-corrected chi connectivity index (χ2v) is 4.29. The highest BCUT2D eigenvalue weighted by Gasteiger charge is 2.13. The maximum Gasteiger partial charge on any atom is 0.222 e. The van der Waals surface area contributed by atoms with Crippen molar-refractivity contribution in [2.45, 2.75) is 13.3 Å². The molecule has 6 N–H and O–H groups in total. The van der Waals surface area contributed by atoms with E-state index in [2.05, 4.69) is 9.97 Å². The van der Waals surface area contributed by atoms with Crippen molar-refractivity contribution < 1.29 is 0 Å². The van der Waals surface area contributed by atoms with Gasteiger partial charge >= 0.3 is 0 Å². The van der Waals surface area contributed by atoms with Crippen LogP contribution < -0.4 is 17.2 Å². The van der Waals surface area contributed by atoms with Crippen LogP contribution in [0.4, 0.5) is 17.5 Å². The van der Waals surface area contributed by atoms with E-state index < -0.39 is 0 Å². The van der Waals surface area contributed by atoms with Crippen LogP contribution in [0, 0.1) is 0 Å². The number of benzene rings is 1. The Bertz CT molecular complexity index is 597. The number of rotatable bonds is 2. The fourth-order valence-corrected chi connectivity index (χ4v) is 1.93. The summed E-state index contributed by atoms with van der Waals surface area (Å²) >= 11 is 5.90. The number of aromatic nitrogens is 2. The first-order chi connectivity index (χ1) is 8.52. The predicted molar refractivity (Wildman–Crippen MR) is 75.1 cm³/mol. The number of hydrogen-bond acceptors (Lipinski definition) is 5. The molecule has 1 heterocycles. The van der Waals surface area contributed by atoms with Crippen LogP contribution in [0.25, 0.3) is 11.1 Å². The minimum Gasteiger partial charge on any atom is -0.398 e. The van der Waals surface area contributed by atoms with Crippen molar-refractivity contribution in [3.05, 3.63) is 28.9 Å². The van der Waals surface area contributed by atoms with Gasteiger partial charge in [-0.05, 0) is 24.1 Å². The predicted octanol–water partition coefficient (Wildman–Crippen LogP) is 2.11. The van der Waals surface area contributed by atoms with Crippen LogP contribution in [-0.4, -0.2) is 9.97 Å². The van der Waals surface area contributed by atoms with Crippen LogP contribution >= 0.6 is 11.6 Å². The molecule has 94 valence electrons. The van der Waals surface area contributed by atoms with Gasteiger partial charge in [-0.2, -0.15) is 4.98 Å². The van der Waals surface area contributed by atoms with Crippen molar-refractivity contribution in [3.63, 3.8) is 0 Å². The molecule has 2 aromatic rings. The molecule has 0 saturated carbocycles. The van der Waals surface area contributed by atoms with Crippen LogP contribution in [0.1, 0.15) is 12.6 Å². The fraction of sp³-hybridized carbons (Fsp3) is 0.167. The minimum absolute atomic E-state index is 0.176. The molecule has 0 unspecified atom stereocenters. The smallest absolute Gasteiger partial charge is 0.222 e. The summed E-state index contributed by atoms with van der Waals surface area (Å²) in [4.78, 5) is 8.18. The van der Waals surface area contributed by atoms with Gasteiger partial charge < -0.3 is 17.2 Å². The Morgan fingerprint density at radius 1 is 1.17 bits per heavy atom. The summed E-state index contributed by atoms with van der Waals surface area (Å²) in [7, 11) is 0. The van der Waals surface area contributed by atoms with Crippen LogP contribution in [0.5, 0.6) is 0 Å². The summed E-state index contributed by atoms with van der Waals surface area (Å²) in [5.41, 5.74) is 20.2. The maximum atomic E-state index is 5.91. The number of nitrogen functional groups attached to an aromatic ring is 3. The standard InChI is InChI=1S/C12H14ClN5/c1-2-9-10(11(15)18-12(16)17-9)6-3-4-7(13)8(14)5-6/h3-5H,2,14H2,1H3,(H4,15,16,17,18). The second-order valence-electron chi connectivity index (χ2n) is 3.88. The number of anilines is 3. The Hall–Kier alpha value is -2.01. The largest absolute Gasteiger partial charge is 0.398 e. The Kier molecular flexibility index (Phi) is 3.25. The molecule has 0 spiro atoms. The molecule has 2 rings (SSSR count). The molecule has 0 radical (unpaired) electrons. The molecule has 0 aliphatic rings. The topological polar surface area (TPSA) is 104 Å². The average Bonchev–Trinajstić information content (AvgIpc) is 2.32. The molecular weight excluding hydrogens is 250 g/mol. The molecule has 0 fully saturated rings. The molecule has 0 aliphatic carbocycles.